The molecule has 3 rings (SSSR count). The number of benzene rings is 2. The summed E-state index contributed by atoms with van der Waals surface area (Å²) in [7, 11) is -3.98. The van der Waals surface area contributed by atoms with E-state index in [1.165, 1.54) is 18.2 Å². The highest BCUT2D eigenvalue weighted by Crippen LogP contribution is 2.25. The number of sulfonamides is 1. The number of carbonyl (C=O) groups is 1. The first-order valence-electron chi connectivity index (χ1n) is 8.78. The largest absolute Gasteiger partial charge is 0.334 e. The SMILES string of the molecule is O=C(NCc1ccc(NS(=O)(=O)c2cc(CF)ccc2Cl)cc1)Nc1ccncc1. The van der Waals surface area contributed by atoms with Crippen LogP contribution in [0.3, 0.4) is 0 Å². The van der Waals surface area contributed by atoms with Gasteiger partial charge in [-0.3, -0.25) is 9.71 Å². The Bertz CT molecular complexity index is 1130. The molecule has 0 spiro atoms. The Balaban J connectivity index is 1.61. The van der Waals surface area contributed by atoms with Gasteiger partial charge in [-0.15, -0.1) is 0 Å². The average molecular weight is 449 g/mol. The van der Waals surface area contributed by atoms with Gasteiger partial charge in [-0.05, 0) is 47.5 Å². The number of carbonyl (C=O) groups excluding carboxylic acids is 1. The number of aromatic nitrogens is 1. The number of pyridine rings is 1. The molecule has 1 aromatic heterocycles. The van der Waals surface area contributed by atoms with Crippen LogP contribution in [0.4, 0.5) is 20.6 Å². The van der Waals surface area contributed by atoms with Crippen molar-refractivity contribution < 1.29 is 17.6 Å². The molecule has 1 heterocycles. The molecule has 2 aromatic carbocycles. The summed E-state index contributed by atoms with van der Waals surface area (Å²) in [5.74, 6) is 0. The van der Waals surface area contributed by atoms with Crippen LogP contribution in [0, 0.1) is 0 Å². The minimum Gasteiger partial charge on any atom is -0.334 e. The van der Waals surface area contributed by atoms with Gasteiger partial charge in [-0.1, -0.05) is 29.8 Å². The van der Waals surface area contributed by atoms with E-state index in [2.05, 4.69) is 20.3 Å². The second-order valence-corrected chi connectivity index (χ2v) is 8.30. The summed E-state index contributed by atoms with van der Waals surface area (Å²) in [6.45, 7) is -0.551. The second kappa shape index (κ2) is 9.55. The van der Waals surface area contributed by atoms with Crippen molar-refractivity contribution in [1.29, 1.82) is 0 Å². The number of rotatable bonds is 7. The Morgan fingerprint density at radius 2 is 1.63 bits per heavy atom. The Morgan fingerprint density at radius 3 is 2.30 bits per heavy atom. The smallest absolute Gasteiger partial charge is 0.319 e. The van der Waals surface area contributed by atoms with Gasteiger partial charge in [0.05, 0.1) is 5.02 Å². The van der Waals surface area contributed by atoms with Gasteiger partial charge in [0.1, 0.15) is 11.6 Å². The highest BCUT2D eigenvalue weighted by molar-refractivity contribution is 7.92. The van der Waals surface area contributed by atoms with Crippen LogP contribution in [0.2, 0.25) is 5.02 Å². The lowest BCUT2D eigenvalue weighted by atomic mass is 10.2. The van der Waals surface area contributed by atoms with Crippen LogP contribution in [0.5, 0.6) is 0 Å². The predicted octanol–water partition coefficient (Wildman–Crippen LogP) is 4.33. The molecular formula is C20H18ClFN4O3S. The lowest BCUT2D eigenvalue weighted by molar-refractivity contribution is 0.251. The highest BCUT2D eigenvalue weighted by Gasteiger charge is 2.19. The van der Waals surface area contributed by atoms with E-state index in [0.29, 0.717) is 11.4 Å². The van der Waals surface area contributed by atoms with Crippen molar-refractivity contribution in [2.45, 2.75) is 18.1 Å². The van der Waals surface area contributed by atoms with Gasteiger partial charge in [-0.25, -0.2) is 17.6 Å². The molecule has 2 amide bonds. The van der Waals surface area contributed by atoms with Crippen LogP contribution in [0.25, 0.3) is 0 Å². The second-order valence-electron chi connectivity index (χ2n) is 6.24. The summed E-state index contributed by atoms with van der Waals surface area (Å²) in [6.07, 6.45) is 3.13. The molecule has 0 radical (unpaired) electrons. The molecule has 0 fully saturated rings. The van der Waals surface area contributed by atoms with Crippen LogP contribution in [0.1, 0.15) is 11.1 Å². The fraction of sp³-hybridized carbons (Fsp3) is 0.100. The van der Waals surface area contributed by atoms with E-state index in [1.807, 2.05) is 0 Å². The number of hydrogen-bond acceptors (Lipinski definition) is 4. The van der Waals surface area contributed by atoms with Gasteiger partial charge in [-0.2, -0.15) is 0 Å². The van der Waals surface area contributed by atoms with E-state index in [1.54, 1.807) is 48.8 Å². The van der Waals surface area contributed by atoms with Crippen LogP contribution in [-0.2, 0) is 23.2 Å². The lowest BCUT2D eigenvalue weighted by Gasteiger charge is -2.11. The maximum atomic E-state index is 12.9. The number of nitrogens with one attached hydrogen (secondary N) is 3. The molecule has 0 bridgehead atoms. The minimum absolute atomic E-state index is 0.000676. The molecule has 0 saturated carbocycles. The Morgan fingerprint density at radius 1 is 0.967 bits per heavy atom. The summed E-state index contributed by atoms with van der Waals surface area (Å²) in [6, 6.07) is 13.4. The van der Waals surface area contributed by atoms with E-state index in [9.17, 15) is 17.6 Å². The molecule has 30 heavy (non-hydrogen) atoms. The normalized spacial score (nSPS) is 11.0. The fourth-order valence-electron chi connectivity index (χ4n) is 2.53. The number of hydrogen-bond donors (Lipinski definition) is 3. The summed E-state index contributed by atoms with van der Waals surface area (Å²) in [4.78, 5) is 15.6. The number of amides is 2. The van der Waals surface area contributed by atoms with Crippen molar-refractivity contribution in [3.8, 4) is 0 Å². The predicted molar refractivity (Wildman–Crippen MR) is 114 cm³/mol. The molecule has 3 aromatic rings. The molecule has 0 aliphatic carbocycles. The topological polar surface area (TPSA) is 100 Å². The molecule has 156 valence electrons. The van der Waals surface area contributed by atoms with Crippen molar-refractivity contribution in [2.75, 3.05) is 10.0 Å². The summed E-state index contributed by atoms with van der Waals surface area (Å²) >= 11 is 5.97. The third-order valence-corrected chi connectivity index (χ3v) is 5.90. The number of urea groups is 1. The van der Waals surface area contributed by atoms with Gasteiger partial charge in [0.25, 0.3) is 10.0 Å². The molecule has 0 aliphatic rings. The van der Waals surface area contributed by atoms with Gasteiger partial charge in [0.15, 0.2) is 0 Å². The van der Waals surface area contributed by atoms with Crippen molar-refractivity contribution in [1.82, 2.24) is 10.3 Å². The average Bonchev–Trinajstić information content (AvgIpc) is 2.74. The summed E-state index contributed by atoms with van der Waals surface area (Å²) in [5.41, 5.74) is 1.90. The maximum absolute atomic E-state index is 12.9. The zero-order valence-corrected chi connectivity index (χ0v) is 17.2. The molecule has 0 saturated heterocycles. The van der Waals surface area contributed by atoms with E-state index in [0.717, 1.165) is 5.56 Å². The van der Waals surface area contributed by atoms with Gasteiger partial charge < -0.3 is 10.6 Å². The molecule has 10 heteroatoms. The number of nitrogens with zero attached hydrogens (tertiary/aromatic N) is 1. The first kappa shape index (κ1) is 21.5. The lowest BCUT2D eigenvalue weighted by Crippen LogP contribution is -2.28. The monoisotopic (exact) mass is 448 g/mol. The van der Waals surface area contributed by atoms with Crippen molar-refractivity contribution in [3.05, 3.63) is 83.1 Å². The quantitative estimate of drug-likeness (QED) is 0.501. The molecule has 7 nitrogen and oxygen atoms in total. The molecule has 0 unspecified atom stereocenters. The molecule has 0 aliphatic heterocycles. The van der Waals surface area contributed by atoms with Crippen LogP contribution in [-0.4, -0.2) is 19.4 Å². The Labute approximate surface area is 178 Å². The van der Waals surface area contributed by atoms with Gasteiger partial charge in [0.2, 0.25) is 0 Å². The third-order valence-electron chi connectivity index (χ3n) is 4.04. The van der Waals surface area contributed by atoms with E-state index in [-0.39, 0.29) is 28.1 Å². The zero-order valence-electron chi connectivity index (χ0n) is 15.6. The minimum atomic E-state index is -3.98. The van der Waals surface area contributed by atoms with Crippen LogP contribution >= 0.6 is 11.6 Å². The number of alkyl halides is 1. The van der Waals surface area contributed by atoms with Crippen molar-refractivity contribution in [2.24, 2.45) is 0 Å². The molecule has 0 atom stereocenters. The Hall–Kier alpha value is -3.17. The van der Waals surface area contributed by atoms with E-state index >= 15 is 0 Å². The van der Waals surface area contributed by atoms with Crippen molar-refractivity contribution >= 4 is 39.0 Å². The summed E-state index contributed by atoms with van der Waals surface area (Å²) in [5, 5.41) is 5.37. The van der Waals surface area contributed by atoms with Crippen molar-refractivity contribution in [3.63, 3.8) is 0 Å². The standard InChI is InChI=1S/C20H18ClFN4O3S/c21-18-6-3-15(12-22)11-19(18)30(28,29)26-17-4-1-14(2-5-17)13-24-20(27)25-16-7-9-23-10-8-16/h1-11,26H,12-13H2,(H2,23,24,25,27). The fourth-order valence-corrected chi connectivity index (χ4v) is 4.14. The molecule has 3 N–H and O–H groups in total. The third kappa shape index (κ3) is 5.68. The van der Waals surface area contributed by atoms with Crippen LogP contribution in [0.15, 0.2) is 71.9 Å². The first-order valence-corrected chi connectivity index (χ1v) is 10.6. The Kier molecular flexibility index (Phi) is 6.86. The number of halogens is 2. The van der Waals surface area contributed by atoms with E-state index in [4.69, 9.17) is 11.6 Å². The first-order chi connectivity index (χ1) is 14.4. The van der Waals surface area contributed by atoms with Crippen LogP contribution < -0.4 is 15.4 Å². The maximum Gasteiger partial charge on any atom is 0.319 e. The van der Waals surface area contributed by atoms with Gasteiger partial charge in [0, 0.05) is 30.3 Å². The zero-order chi connectivity index (χ0) is 21.6. The number of anilines is 2. The van der Waals surface area contributed by atoms with Gasteiger partial charge >= 0.3 is 6.03 Å². The van der Waals surface area contributed by atoms with E-state index < -0.39 is 16.7 Å². The molecular weight excluding hydrogens is 431 g/mol. The summed E-state index contributed by atoms with van der Waals surface area (Å²) < 4.78 is 40.4. The highest BCUT2D eigenvalue weighted by atomic mass is 35.5.